The van der Waals surface area contributed by atoms with Crippen molar-refractivity contribution in [3.63, 3.8) is 0 Å². The van der Waals surface area contributed by atoms with E-state index in [1.807, 2.05) is 6.07 Å². The van der Waals surface area contributed by atoms with Crippen molar-refractivity contribution in [2.75, 3.05) is 19.4 Å². The van der Waals surface area contributed by atoms with Crippen molar-refractivity contribution in [1.82, 2.24) is 4.31 Å². The molecule has 0 aliphatic heterocycles. The molecular weight excluding hydrogens is 250 g/mol. The van der Waals surface area contributed by atoms with E-state index in [0.717, 1.165) is 0 Å². The van der Waals surface area contributed by atoms with Gasteiger partial charge in [-0.05, 0) is 19.1 Å². The minimum atomic E-state index is -3.58. The fourth-order valence-electron chi connectivity index (χ4n) is 1.55. The number of hydrogen-bond donors (Lipinski definition) is 1. The second-order valence-electron chi connectivity index (χ2n) is 3.98. The third-order valence-electron chi connectivity index (χ3n) is 2.82. The lowest BCUT2D eigenvalue weighted by Crippen LogP contribution is -2.35. The van der Waals surface area contributed by atoms with Gasteiger partial charge in [-0.25, -0.2) is 8.42 Å². The summed E-state index contributed by atoms with van der Waals surface area (Å²) in [6.45, 7) is 1.71. The molecule has 0 saturated heterocycles. The number of rotatable bonds is 5. The summed E-state index contributed by atoms with van der Waals surface area (Å²) >= 11 is 0. The molecule has 0 aliphatic rings. The first kappa shape index (κ1) is 14.5. The second kappa shape index (κ2) is 5.85. The summed E-state index contributed by atoms with van der Waals surface area (Å²) in [5.41, 5.74) is 0.550. The Morgan fingerprint density at radius 2 is 2.06 bits per heavy atom. The van der Waals surface area contributed by atoms with Crippen molar-refractivity contribution in [2.24, 2.45) is 0 Å². The summed E-state index contributed by atoms with van der Waals surface area (Å²) in [6.07, 6.45) is 0.164. The van der Waals surface area contributed by atoms with Gasteiger partial charge in [0.15, 0.2) is 0 Å². The molecule has 0 fully saturated rings. The lowest BCUT2D eigenvalue weighted by molar-refractivity contribution is 0.393. The average Bonchev–Trinajstić information content (AvgIpc) is 2.38. The van der Waals surface area contributed by atoms with E-state index in [0.29, 0.717) is 5.69 Å². The van der Waals surface area contributed by atoms with Crippen molar-refractivity contribution >= 4 is 15.7 Å². The van der Waals surface area contributed by atoms with Gasteiger partial charge < -0.3 is 5.32 Å². The molecule has 1 aromatic rings. The van der Waals surface area contributed by atoms with Crippen LogP contribution < -0.4 is 5.32 Å². The molecule has 0 saturated carbocycles. The minimum absolute atomic E-state index is 0.164. The molecule has 1 unspecified atom stereocenters. The Kier molecular flexibility index (Phi) is 4.70. The van der Waals surface area contributed by atoms with E-state index in [-0.39, 0.29) is 17.4 Å². The Hall–Kier alpha value is -1.58. The van der Waals surface area contributed by atoms with Gasteiger partial charge in [0.1, 0.15) is 4.90 Å². The molecule has 1 N–H and O–H groups in total. The topological polar surface area (TPSA) is 73.2 Å². The lowest BCUT2D eigenvalue weighted by atomic mass is 10.3. The maximum Gasteiger partial charge on any atom is 0.245 e. The van der Waals surface area contributed by atoms with Crippen LogP contribution in [0.1, 0.15) is 13.3 Å². The van der Waals surface area contributed by atoms with Gasteiger partial charge in [-0.3, -0.25) is 0 Å². The number of nitrogens with one attached hydrogen (secondary N) is 1. The van der Waals surface area contributed by atoms with Gasteiger partial charge >= 0.3 is 0 Å². The van der Waals surface area contributed by atoms with Crippen molar-refractivity contribution in [3.8, 4) is 6.07 Å². The Morgan fingerprint density at radius 3 is 2.61 bits per heavy atom. The number of anilines is 1. The van der Waals surface area contributed by atoms with Crippen molar-refractivity contribution < 1.29 is 8.42 Å². The van der Waals surface area contributed by atoms with Gasteiger partial charge in [0, 0.05) is 20.1 Å². The zero-order valence-corrected chi connectivity index (χ0v) is 11.5. The average molecular weight is 267 g/mol. The Balaban J connectivity index is 3.18. The van der Waals surface area contributed by atoms with Crippen LogP contribution in [0.15, 0.2) is 29.2 Å². The predicted octanol–water partition coefficient (Wildman–Crippen LogP) is 1.65. The number of hydrogen-bond acceptors (Lipinski definition) is 4. The molecular formula is C12H17N3O2S. The van der Waals surface area contributed by atoms with Crippen LogP contribution in [-0.2, 0) is 10.0 Å². The molecule has 0 radical (unpaired) electrons. The highest BCUT2D eigenvalue weighted by molar-refractivity contribution is 7.89. The SMILES string of the molecule is CNc1ccccc1S(=O)(=O)N(C)C(C)CC#N. The molecule has 0 heterocycles. The summed E-state index contributed by atoms with van der Waals surface area (Å²) in [5, 5.41) is 11.5. The van der Waals surface area contributed by atoms with Crippen LogP contribution in [0.3, 0.4) is 0 Å². The van der Waals surface area contributed by atoms with E-state index in [2.05, 4.69) is 5.32 Å². The van der Waals surface area contributed by atoms with Gasteiger partial charge in [-0.2, -0.15) is 9.57 Å². The van der Waals surface area contributed by atoms with Gasteiger partial charge in [0.25, 0.3) is 0 Å². The van der Waals surface area contributed by atoms with Gasteiger partial charge in [0.05, 0.1) is 18.2 Å². The number of nitrogens with zero attached hydrogens (tertiary/aromatic N) is 2. The lowest BCUT2D eigenvalue weighted by Gasteiger charge is -2.23. The highest BCUT2D eigenvalue weighted by atomic mass is 32.2. The molecule has 1 rings (SSSR count). The van der Waals surface area contributed by atoms with Crippen molar-refractivity contribution in [2.45, 2.75) is 24.3 Å². The number of benzene rings is 1. The fourth-order valence-corrected chi connectivity index (χ4v) is 3.11. The first-order valence-electron chi connectivity index (χ1n) is 5.57. The molecule has 6 heteroatoms. The first-order valence-corrected chi connectivity index (χ1v) is 7.01. The summed E-state index contributed by atoms with van der Waals surface area (Å²) in [7, 11) is -0.420. The molecule has 98 valence electrons. The second-order valence-corrected chi connectivity index (χ2v) is 5.94. The van der Waals surface area contributed by atoms with Crippen molar-refractivity contribution in [3.05, 3.63) is 24.3 Å². The Labute approximate surface area is 108 Å². The monoisotopic (exact) mass is 267 g/mol. The van der Waals surface area contributed by atoms with Crippen LogP contribution in [0, 0.1) is 11.3 Å². The molecule has 0 spiro atoms. The molecule has 1 aromatic carbocycles. The molecule has 5 nitrogen and oxygen atoms in total. The van der Waals surface area contributed by atoms with E-state index < -0.39 is 10.0 Å². The molecule has 0 aliphatic carbocycles. The zero-order valence-electron chi connectivity index (χ0n) is 10.7. The van der Waals surface area contributed by atoms with Gasteiger partial charge in [0.2, 0.25) is 10.0 Å². The van der Waals surface area contributed by atoms with Crippen LogP contribution in [0.4, 0.5) is 5.69 Å². The van der Waals surface area contributed by atoms with Crippen LogP contribution in [0.2, 0.25) is 0 Å². The maximum atomic E-state index is 12.4. The number of nitriles is 1. The van der Waals surface area contributed by atoms with Crippen molar-refractivity contribution in [1.29, 1.82) is 5.26 Å². The summed E-state index contributed by atoms with van der Waals surface area (Å²) in [6, 6.07) is 8.32. The minimum Gasteiger partial charge on any atom is -0.387 e. The number of sulfonamides is 1. The van der Waals surface area contributed by atoms with E-state index in [4.69, 9.17) is 5.26 Å². The predicted molar refractivity (Wildman–Crippen MR) is 70.6 cm³/mol. The summed E-state index contributed by atoms with van der Waals surface area (Å²) < 4.78 is 26.0. The highest BCUT2D eigenvalue weighted by Crippen LogP contribution is 2.24. The quantitative estimate of drug-likeness (QED) is 0.880. The van der Waals surface area contributed by atoms with Crippen LogP contribution in [-0.4, -0.2) is 32.9 Å². The van der Waals surface area contributed by atoms with E-state index in [1.54, 1.807) is 38.2 Å². The molecule has 1 atom stereocenters. The molecule has 0 amide bonds. The Bertz CT molecular complexity index is 549. The maximum absolute atomic E-state index is 12.4. The van der Waals surface area contributed by atoms with E-state index in [1.165, 1.54) is 11.4 Å². The standard InChI is InChI=1S/C12H17N3O2S/c1-10(8-9-13)15(3)18(16,17)12-7-5-4-6-11(12)14-2/h4-7,10,14H,8H2,1-3H3. The molecule has 0 aromatic heterocycles. The number of para-hydroxylation sites is 1. The zero-order chi connectivity index (χ0) is 13.8. The fraction of sp³-hybridized carbons (Fsp3) is 0.417. The normalized spacial score (nSPS) is 13.1. The first-order chi connectivity index (χ1) is 8.45. The van der Waals surface area contributed by atoms with Crippen LogP contribution in [0.25, 0.3) is 0 Å². The molecule has 18 heavy (non-hydrogen) atoms. The Morgan fingerprint density at radius 1 is 1.44 bits per heavy atom. The van der Waals surface area contributed by atoms with E-state index in [9.17, 15) is 8.42 Å². The largest absolute Gasteiger partial charge is 0.387 e. The third-order valence-corrected chi connectivity index (χ3v) is 4.85. The van der Waals surface area contributed by atoms with Crippen LogP contribution >= 0.6 is 0 Å². The van der Waals surface area contributed by atoms with Gasteiger partial charge in [-0.15, -0.1) is 0 Å². The van der Waals surface area contributed by atoms with E-state index >= 15 is 0 Å². The van der Waals surface area contributed by atoms with Crippen LogP contribution in [0.5, 0.6) is 0 Å². The smallest absolute Gasteiger partial charge is 0.245 e. The highest BCUT2D eigenvalue weighted by Gasteiger charge is 2.27. The van der Waals surface area contributed by atoms with Gasteiger partial charge in [-0.1, -0.05) is 12.1 Å². The summed E-state index contributed by atoms with van der Waals surface area (Å²) in [5.74, 6) is 0. The summed E-state index contributed by atoms with van der Waals surface area (Å²) in [4.78, 5) is 0.222. The third kappa shape index (κ3) is 2.81. The molecule has 0 bridgehead atoms.